The number of nitrogens with zero attached hydrogens (tertiary/aromatic N) is 5. The molecule has 5 atom stereocenters. The number of likely N-dealkylation sites (N-methyl/N-ethyl adjacent to an activating group) is 1. The lowest BCUT2D eigenvalue weighted by Gasteiger charge is -2.30. The van der Waals surface area contributed by atoms with Gasteiger partial charge in [-0.15, -0.1) is 0 Å². The highest BCUT2D eigenvalue weighted by molar-refractivity contribution is 5.83. The molecule has 3 fully saturated rings. The first-order chi connectivity index (χ1) is 19.4. The molecule has 3 aliphatic rings. The molecule has 3 saturated heterocycles. The average molecular weight is 558 g/mol. The fourth-order valence-electron chi connectivity index (χ4n) is 5.15. The Bertz CT molecular complexity index is 1280. The summed E-state index contributed by atoms with van der Waals surface area (Å²) >= 11 is 0. The maximum atomic E-state index is 12.4. The summed E-state index contributed by atoms with van der Waals surface area (Å²) in [5.41, 5.74) is 6.65. The van der Waals surface area contributed by atoms with E-state index >= 15 is 0 Å². The number of fused-ring (bicyclic) bond motifs is 1. The molecule has 2 amide bonds. The van der Waals surface area contributed by atoms with Crippen LogP contribution in [-0.2, 0) is 19.0 Å². The number of hydrogen-bond donors (Lipinski definition) is 4. The number of aliphatic hydroxyl groups excluding tert-OH is 2. The minimum absolute atomic E-state index is 0.109. The van der Waals surface area contributed by atoms with Crippen LogP contribution in [0.3, 0.4) is 0 Å². The van der Waals surface area contributed by atoms with E-state index in [-0.39, 0.29) is 34.8 Å². The summed E-state index contributed by atoms with van der Waals surface area (Å²) in [7, 11) is 0. The van der Waals surface area contributed by atoms with Gasteiger partial charge >= 0.3 is 6.09 Å². The molecule has 14 heteroatoms. The highest BCUT2D eigenvalue weighted by Crippen LogP contribution is 2.32. The Balaban J connectivity index is 1.19. The summed E-state index contributed by atoms with van der Waals surface area (Å²) in [5.74, 6) is 6.45. The normalized spacial score (nSPS) is 27.0. The van der Waals surface area contributed by atoms with Crippen molar-refractivity contribution in [2.75, 3.05) is 45.2 Å². The molecule has 0 saturated carbocycles. The van der Waals surface area contributed by atoms with E-state index in [4.69, 9.17) is 19.9 Å². The summed E-state index contributed by atoms with van der Waals surface area (Å²) in [6.45, 7) is 5.11. The predicted molar refractivity (Wildman–Crippen MR) is 140 cm³/mol. The minimum atomic E-state index is -1.43. The summed E-state index contributed by atoms with van der Waals surface area (Å²) < 4.78 is 17.9. The number of rotatable bonds is 6. The number of nitrogens with two attached hydrogens (primary N) is 1. The first-order valence-electron chi connectivity index (χ1n) is 13.6. The number of nitrogens with one attached hydrogen (secondary N) is 1. The lowest BCUT2D eigenvalue weighted by Crippen LogP contribution is -2.42. The van der Waals surface area contributed by atoms with Gasteiger partial charge in [0.15, 0.2) is 23.8 Å². The van der Waals surface area contributed by atoms with Gasteiger partial charge in [-0.1, -0.05) is 5.92 Å². The second-order valence-corrected chi connectivity index (χ2v) is 10.3. The Morgan fingerprint density at radius 2 is 2.00 bits per heavy atom. The van der Waals surface area contributed by atoms with Crippen LogP contribution >= 0.6 is 0 Å². The van der Waals surface area contributed by atoms with Crippen molar-refractivity contribution < 1.29 is 34.0 Å². The molecule has 40 heavy (non-hydrogen) atoms. The molecule has 14 nitrogen and oxygen atoms in total. The van der Waals surface area contributed by atoms with Gasteiger partial charge in [0.05, 0.1) is 19.5 Å². The van der Waals surface area contributed by atoms with Crippen molar-refractivity contribution in [2.24, 2.45) is 11.8 Å². The number of nitrogen functional groups attached to an aromatic ring is 1. The van der Waals surface area contributed by atoms with E-state index in [1.165, 1.54) is 10.9 Å². The molecular weight excluding hydrogens is 522 g/mol. The van der Waals surface area contributed by atoms with Crippen LogP contribution in [0, 0.1) is 23.7 Å². The van der Waals surface area contributed by atoms with Gasteiger partial charge in [0.1, 0.15) is 17.7 Å². The van der Waals surface area contributed by atoms with Gasteiger partial charge in [-0.05, 0) is 38.0 Å². The number of aliphatic hydroxyl groups is 2. The summed E-state index contributed by atoms with van der Waals surface area (Å²) in [6.07, 6.45) is -0.909. The molecular formula is C26H35N7O7. The predicted octanol–water partition coefficient (Wildman–Crippen LogP) is -0.209. The number of piperidine rings is 1. The van der Waals surface area contributed by atoms with Crippen LogP contribution in [0.2, 0.25) is 0 Å². The lowest BCUT2D eigenvalue weighted by molar-refractivity contribution is -0.137. The molecule has 0 bridgehead atoms. The minimum Gasteiger partial charge on any atom is -0.449 e. The van der Waals surface area contributed by atoms with Crippen molar-refractivity contribution in [1.29, 1.82) is 0 Å². The monoisotopic (exact) mass is 557 g/mol. The number of carbonyl (C=O) groups is 2. The van der Waals surface area contributed by atoms with Crippen LogP contribution in [0.15, 0.2) is 6.33 Å². The van der Waals surface area contributed by atoms with Crippen molar-refractivity contribution in [3.05, 3.63) is 12.2 Å². The molecule has 3 aliphatic heterocycles. The number of aromatic nitrogens is 4. The molecule has 5 N–H and O–H groups in total. The van der Waals surface area contributed by atoms with Crippen LogP contribution in [0.1, 0.15) is 44.7 Å². The van der Waals surface area contributed by atoms with Gasteiger partial charge in [0, 0.05) is 38.6 Å². The second kappa shape index (κ2) is 12.3. The zero-order valence-corrected chi connectivity index (χ0v) is 22.4. The first kappa shape index (κ1) is 28.0. The van der Waals surface area contributed by atoms with Crippen molar-refractivity contribution in [1.82, 2.24) is 29.7 Å². The smallest absolute Gasteiger partial charge is 0.409 e. The zero-order valence-electron chi connectivity index (χ0n) is 22.4. The Morgan fingerprint density at radius 1 is 1.20 bits per heavy atom. The molecule has 2 aromatic rings. The summed E-state index contributed by atoms with van der Waals surface area (Å²) in [4.78, 5) is 39.3. The molecule has 0 aromatic carbocycles. The van der Waals surface area contributed by atoms with Gasteiger partial charge < -0.3 is 40.4 Å². The third-order valence-electron chi connectivity index (χ3n) is 7.50. The van der Waals surface area contributed by atoms with Crippen molar-refractivity contribution in [3.8, 4) is 11.8 Å². The van der Waals surface area contributed by atoms with E-state index in [9.17, 15) is 19.8 Å². The molecule has 0 aliphatic carbocycles. The Kier molecular flexibility index (Phi) is 8.65. The number of amides is 2. The second-order valence-electron chi connectivity index (χ2n) is 10.3. The fourth-order valence-corrected chi connectivity index (χ4v) is 5.15. The Labute approximate surface area is 231 Å². The lowest BCUT2D eigenvalue weighted by atomic mass is 9.94. The van der Waals surface area contributed by atoms with Crippen LogP contribution in [-0.4, -0.2) is 104 Å². The quantitative estimate of drug-likeness (QED) is 0.344. The number of imidazole rings is 1. The fraction of sp³-hybridized carbons (Fsp3) is 0.654. The van der Waals surface area contributed by atoms with Crippen LogP contribution in [0.5, 0.6) is 0 Å². The largest absolute Gasteiger partial charge is 0.449 e. The summed E-state index contributed by atoms with van der Waals surface area (Å²) in [5, 5.41) is 23.6. The van der Waals surface area contributed by atoms with E-state index in [0.29, 0.717) is 45.2 Å². The SMILES string of the molecule is CCNC(=O)[C@H]1O[C@@H](n2cnc3c(N)nc(C#CCC4CCN(C(=O)OCC5CCOC5)CC4)nc32)C(O)C1O. The number of hydrogen-bond acceptors (Lipinski definition) is 11. The molecule has 2 aromatic heterocycles. The van der Waals surface area contributed by atoms with Crippen LogP contribution < -0.4 is 11.1 Å². The third kappa shape index (κ3) is 5.97. The molecule has 0 spiro atoms. The molecule has 0 radical (unpaired) electrons. The van der Waals surface area contributed by atoms with Crippen LogP contribution in [0.4, 0.5) is 10.6 Å². The van der Waals surface area contributed by atoms with Gasteiger partial charge in [0.25, 0.3) is 5.91 Å². The van der Waals surface area contributed by atoms with Crippen LogP contribution in [0.25, 0.3) is 11.2 Å². The van der Waals surface area contributed by atoms with Gasteiger partial charge in [-0.25, -0.2) is 19.7 Å². The number of ether oxygens (including phenoxy) is 3. The number of likely N-dealkylation sites (tertiary alicyclic amines) is 1. The van der Waals surface area contributed by atoms with E-state index < -0.39 is 30.4 Å². The highest BCUT2D eigenvalue weighted by atomic mass is 16.6. The molecule has 5 heterocycles. The number of carbonyl (C=O) groups excluding carboxylic acids is 2. The van der Waals surface area contributed by atoms with E-state index in [0.717, 1.165) is 25.9 Å². The Morgan fingerprint density at radius 3 is 2.73 bits per heavy atom. The van der Waals surface area contributed by atoms with Gasteiger partial charge in [-0.2, -0.15) is 0 Å². The average Bonchev–Trinajstić information content (AvgIpc) is 3.68. The first-order valence-corrected chi connectivity index (χ1v) is 13.6. The maximum Gasteiger partial charge on any atom is 0.409 e. The van der Waals surface area contributed by atoms with E-state index in [1.54, 1.807) is 11.8 Å². The molecule has 3 unspecified atom stereocenters. The third-order valence-corrected chi connectivity index (χ3v) is 7.50. The van der Waals surface area contributed by atoms with E-state index in [1.807, 2.05) is 0 Å². The van der Waals surface area contributed by atoms with Crippen molar-refractivity contribution >= 4 is 29.0 Å². The number of anilines is 1. The van der Waals surface area contributed by atoms with Gasteiger partial charge in [0.2, 0.25) is 5.82 Å². The Hall–Kier alpha value is -3.51. The van der Waals surface area contributed by atoms with Gasteiger partial charge in [-0.3, -0.25) is 9.36 Å². The highest BCUT2D eigenvalue weighted by Gasteiger charge is 2.47. The van der Waals surface area contributed by atoms with E-state index in [2.05, 4.69) is 32.1 Å². The molecule has 216 valence electrons. The summed E-state index contributed by atoms with van der Waals surface area (Å²) in [6, 6.07) is 0. The molecule has 5 rings (SSSR count). The topological polar surface area (TPSA) is 187 Å². The van der Waals surface area contributed by atoms with Crippen molar-refractivity contribution in [2.45, 2.75) is 57.1 Å². The van der Waals surface area contributed by atoms with Crippen molar-refractivity contribution in [3.63, 3.8) is 0 Å². The zero-order chi connectivity index (χ0) is 28.2. The maximum absolute atomic E-state index is 12.4. The standard InChI is InChI=1S/C26H35N7O7/c1-2-28-24(36)21-19(34)20(35)25(40-21)33-14-29-18-22(27)30-17(31-23(18)33)5-3-4-15-6-9-32(10-7-15)26(37)39-13-16-8-11-38-12-16/h14-16,19-21,25,34-35H,2,4,6-13H2,1H3,(H,28,36)(H2,27,30,31)/t16?,19?,20?,21-,25+/m0/s1.